The Morgan fingerprint density at radius 2 is 2.35 bits per heavy atom. The first-order valence-corrected chi connectivity index (χ1v) is 7.35. The van der Waals surface area contributed by atoms with Gasteiger partial charge in [-0.1, -0.05) is 12.1 Å². The maximum Gasteiger partial charge on any atom is 0.223 e. The van der Waals surface area contributed by atoms with Gasteiger partial charge in [0.05, 0.1) is 6.54 Å². The summed E-state index contributed by atoms with van der Waals surface area (Å²) in [5.41, 5.74) is 1.18. The van der Waals surface area contributed by atoms with Crippen molar-refractivity contribution in [1.29, 1.82) is 0 Å². The average Bonchev–Trinajstić information content (AvgIpc) is 2.43. The summed E-state index contributed by atoms with van der Waals surface area (Å²) in [7, 11) is 0. The van der Waals surface area contributed by atoms with Crippen LogP contribution in [0.2, 0.25) is 0 Å². The van der Waals surface area contributed by atoms with Crippen LogP contribution < -0.4 is 15.4 Å². The highest BCUT2D eigenvalue weighted by molar-refractivity contribution is 5.78. The molecule has 2 atom stereocenters. The molecule has 1 aliphatic heterocycles. The van der Waals surface area contributed by atoms with Gasteiger partial charge >= 0.3 is 0 Å². The van der Waals surface area contributed by atoms with Crippen LogP contribution in [0.15, 0.2) is 24.3 Å². The predicted molar refractivity (Wildman–Crippen MR) is 79.9 cm³/mol. The van der Waals surface area contributed by atoms with E-state index in [1.807, 2.05) is 31.2 Å². The van der Waals surface area contributed by atoms with Crippen LogP contribution in [-0.4, -0.2) is 31.6 Å². The molecule has 1 saturated heterocycles. The summed E-state index contributed by atoms with van der Waals surface area (Å²) in [5.74, 6) is 1.16. The van der Waals surface area contributed by atoms with Crippen LogP contribution in [0.5, 0.6) is 5.75 Å². The van der Waals surface area contributed by atoms with Crippen LogP contribution in [0.4, 0.5) is 0 Å². The second-order valence-corrected chi connectivity index (χ2v) is 5.53. The maximum absolute atomic E-state index is 12.0. The van der Waals surface area contributed by atoms with Gasteiger partial charge in [0.15, 0.2) is 0 Å². The van der Waals surface area contributed by atoms with E-state index in [1.165, 1.54) is 5.56 Å². The molecular weight excluding hydrogens is 252 g/mol. The molecule has 0 saturated carbocycles. The third kappa shape index (κ3) is 4.53. The van der Waals surface area contributed by atoms with E-state index in [0.29, 0.717) is 19.2 Å². The van der Waals surface area contributed by atoms with Gasteiger partial charge in [-0.05, 0) is 50.9 Å². The van der Waals surface area contributed by atoms with E-state index in [4.69, 9.17) is 4.74 Å². The van der Waals surface area contributed by atoms with Crippen LogP contribution >= 0.6 is 0 Å². The summed E-state index contributed by atoms with van der Waals surface area (Å²) in [6, 6.07) is 8.37. The zero-order valence-corrected chi connectivity index (χ0v) is 12.3. The van der Waals surface area contributed by atoms with Crippen molar-refractivity contribution in [2.24, 2.45) is 5.92 Å². The zero-order chi connectivity index (χ0) is 14.4. The van der Waals surface area contributed by atoms with Gasteiger partial charge in [-0.25, -0.2) is 0 Å². The monoisotopic (exact) mass is 276 g/mol. The van der Waals surface area contributed by atoms with Crippen LogP contribution in [0, 0.1) is 12.8 Å². The maximum atomic E-state index is 12.0. The lowest BCUT2D eigenvalue weighted by atomic mass is 9.92. The standard InChI is InChI=1S/C16H24N2O2/c1-12-4-3-5-15(10-12)20-9-8-18-16(19)14-6-7-17-13(2)11-14/h3-5,10,13-14,17H,6-9,11H2,1-2H3,(H,18,19). The quantitative estimate of drug-likeness (QED) is 0.807. The first-order chi connectivity index (χ1) is 9.65. The molecule has 1 aliphatic rings. The number of hydrogen-bond donors (Lipinski definition) is 2. The van der Waals surface area contributed by atoms with E-state index in [1.54, 1.807) is 0 Å². The molecule has 2 N–H and O–H groups in total. The molecule has 1 heterocycles. The van der Waals surface area contributed by atoms with Crippen LogP contribution in [0.25, 0.3) is 0 Å². The summed E-state index contributed by atoms with van der Waals surface area (Å²) in [6.45, 7) is 6.16. The van der Waals surface area contributed by atoms with Gasteiger partial charge in [0.25, 0.3) is 0 Å². The fraction of sp³-hybridized carbons (Fsp3) is 0.562. The highest BCUT2D eigenvalue weighted by atomic mass is 16.5. The van der Waals surface area contributed by atoms with Gasteiger partial charge in [-0.3, -0.25) is 4.79 Å². The number of ether oxygens (including phenoxy) is 1. The van der Waals surface area contributed by atoms with E-state index in [2.05, 4.69) is 17.6 Å². The summed E-state index contributed by atoms with van der Waals surface area (Å²) in [6.07, 6.45) is 1.85. The number of piperidine rings is 1. The fourth-order valence-corrected chi connectivity index (χ4v) is 2.56. The van der Waals surface area contributed by atoms with E-state index in [0.717, 1.165) is 25.1 Å². The third-order valence-electron chi connectivity index (χ3n) is 3.65. The SMILES string of the molecule is Cc1cccc(OCCNC(=O)C2CCNC(C)C2)c1. The lowest BCUT2D eigenvalue weighted by Crippen LogP contribution is -2.43. The van der Waals surface area contributed by atoms with Gasteiger partial charge in [-0.2, -0.15) is 0 Å². The number of amides is 1. The molecule has 2 rings (SSSR count). The number of nitrogens with one attached hydrogen (secondary N) is 2. The van der Waals surface area contributed by atoms with Crippen LogP contribution in [0.1, 0.15) is 25.3 Å². The molecule has 1 amide bonds. The molecule has 2 unspecified atom stereocenters. The summed E-state index contributed by atoms with van der Waals surface area (Å²) >= 11 is 0. The Kier molecular flexibility index (Phi) is 5.41. The number of carbonyl (C=O) groups excluding carboxylic acids is 1. The van der Waals surface area contributed by atoms with E-state index < -0.39 is 0 Å². The lowest BCUT2D eigenvalue weighted by Gasteiger charge is -2.27. The smallest absolute Gasteiger partial charge is 0.223 e. The highest BCUT2D eigenvalue weighted by Gasteiger charge is 2.24. The normalized spacial score (nSPS) is 22.3. The molecule has 4 heteroatoms. The molecule has 0 bridgehead atoms. The van der Waals surface area contributed by atoms with Crippen molar-refractivity contribution in [2.75, 3.05) is 19.7 Å². The number of hydrogen-bond acceptors (Lipinski definition) is 3. The molecule has 0 aliphatic carbocycles. The Morgan fingerprint density at radius 1 is 1.50 bits per heavy atom. The van der Waals surface area contributed by atoms with Crippen molar-refractivity contribution in [3.8, 4) is 5.75 Å². The molecule has 110 valence electrons. The van der Waals surface area contributed by atoms with Gasteiger partial charge in [0.2, 0.25) is 5.91 Å². The van der Waals surface area contributed by atoms with Crippen molar-refractivity contribution >= 4 is 5.91 Å². The Labute approximate surface area is 120 Å². The molecule has 0 aromatic heterocycles. The first kappa shape index (κ1) is 14.9. The van der Waals surface area contributed by atoms with Gasteiger partial charge in [0, 0.05) is 12.0 Å². The number of carbonyl (C=O) groups is 1. The molecule has 1 aromatic rings. The summed E-state index contributed by atoms with van der Waals surface area (Å²) in [4.78, 5) is 12.0. The van der Waals surface area contributed by atoms with Crippen molar-refractivity contribution in [2.45, 2.75) is 32.7 Å². The predicted octanol–water partition coefficient (Wildman–Crippen LogP) is 1.88. The van der Waals surface area contributed by atoms with E-state index in [9.17, 15) is 4.79 Å². The van der Waals surface area contributed by atoms with Gasteiger partial charge in [-0.15, -0.1) is 0 Å². The second-order valence-electron chi connectivity index (χ2n) is 5.53. The number of aryl methyl sites for hydroxylation is 1. The number of rotatable bonds is 5. The van der Waals surface area contributed by atoms with Crippen molar-refractivity contribution < 1.29 is 9.53 Å². The Bertz CT molecular complexity index is 448. The van der Waals surface area contributed by atoms with E-state index in [-0.39, 0.29) is 11.8 Å². The van der Waals surface area contributed by atoms with Crippen molar-refractivity contribution in [3.05, 3.63) is 29.8 Å². The summed E-state index contributed by atoms with van der Waals surface area (Å²) in [5, 5.41) is 6.32. The molecule has 1 fully saturated rings. The molecular formula is C16H24N2O2. The minimum Gasteiger partial charge on any atom is -0.492 e. The highest BCUT2D eigenvalue weighted by Crippen LogP contribution is 2.16. The van der Waals surface area contributed by atoms with Gasteiger partial charge in [0.1, 0.15) is 12.4 Å². The molecule has 1 aromatic carbocycles. The Hall–Kier alpha value is -1.55. The van der Waals surface area contributed by atoms with Crippen molar-refractivity contribution in [1.82, 2.24) is 10.6 Å². The molecule has 20 heavy (non-hydrogen) atoms. The minimum atomic E-state index is 0.144. The minimum absolute atomic E-state index is 0.144. The summed E-state index contributed by atoms with van der Waals surface area (Å²) < 4.78 is 5.62. The second kappa shape index (κ2) is 7.29. The molecule has 0 spiro atoms. The first-order valence-electron chi connectivity index (χ1n) is 7.35. The van der Waals surface area contributed by atoms with E-state index >= 15 is 0 Å². The zero-order valence-electron chi connectivity index (χ0n) is 12.3. The van der Waals surface area contributed by atoms with Gasteiger partial charge < -0.3 is 15.4 Å². The fourth-order valence-electron chi connectivity index (χ4n) is 2.56. The topological polar surface area (TPSA) is 50.4 Å². The van der Waals surface area contributed by atoms with Crippen LogP contribution in [-0.2, 0) is 4.79 Å². The van der Waals surface area contributed by atoms with Crippen molar-refractivity contribution in [3.63, 3.8) is 0 Å². The average molecular weight is 276 g/mol. The number of benzene rings is 1. The molecule has 0 radical (unpaired) electrons. The third-order valence-corrected chi connectivity index (χ3v) is 3.65. The lowest BCUT2D eigenvalue weighted by molar-refractivity contribution is -0.126. The molecule has 4 nitrogen and oxygen atoms in total. The van der Waals surface area contributed by atoms with Crippen LogP contribution in [0.3, 0.4) is 0 Å². The Balaban J connectivity index is 1.66. The Morgan fingerprint density at radius 3 is 3.10 bits per heavy atom. The largest absolute Gasteiger partial charge is 0.492 e.